The fourth-order valence-corrected chi connectivity index (χ4v) is 4.18. The summed E-state index contributed by atoms with van der Waals surface area (Å²) in [5.41, 5.74) is 7.01. The third kappa shape index (κ3) is 5.78. The van der Waals surface area contributed by atoms with Gasteiger partial charge in [0.15, 0.2) is 14.8 Å². The zero-order valence-corrected chi connectivity index (χ0v) is 19.5. The van der Waals surface area contributed by atoms with E-state index in [2.05, 4.69) is 15.2 Å². The van der Waals surface area contributed by atoms with Crippen LogP contribution in [0, 0.1) is 0 Å². The summed E-state index contributed by atoms with van der Waals surface area (Å²) in [5, 5.41) is 9.55. The summed E-state index contributed by atoms with van der Waals surface area (Å²) in [6, 6.07) is 13.3. The Balaban J connectivity index is 2.07. The number of rotatable bonds is 7. The Bertz CT molecular complexity index is 1320. The normalized spacial score (nSPS) is 12.6. The summed E-state index contributed by atoms with van der Waals surface area (Å²) < 4.78 is 28.7. The molecule has 0 aliphatic rings. The maximum atomic E-state index is 12.0. The highest BCUT2D eigenvalue weighted by Crippen LogP contribution is 2.29. The zero-order valence-electron chi connectivity index (χ0n) is 17.1. The van der Waals surface area contributed by atoms with E-state index in [4.69, 9.17) is 22.1 Å². The first-order chi connectivity index (χ1) is 15.2. The molecule has 3 aromatic rings. The lowest BCUT2D eigenvalue weighted by Crippen LogP contribution is -2.16. The number of allylic oxidation sites excluding steroid dienone is 1. The first-order valence-electron chi connectivity index (χ1n) is 9.31. The Morgan fingerprint density at radius 1 is 1.22 bits per heavy atom. The Kier molecular flexibility index (Phi) is 7.39. The smallest absolute Gasteiger partial charge is 0.354 e. The second-order valence-electron chi connectivity index (χ2n) is 6.48. The minimum atomic E-state index is -3.38. The van der Waals surface area contributed by atoms with Gasteiger partial charge in [0.2, 0.25) is 0 Å². The zero-order chi connectivity index (χ0) is 23.3. The highest BCUT2D eigenvalue weighted by atomic mass is 35.5. The molecule has 0 fully saturated rings. The van der Waals surface area contributed by atoms with E-state index in [0.29, 0.717) is 26.3 Å². The third-order valence-electron chi connectivity index (χ3n) is 4.05. The van der Waals surface area contributed by atoms with E-state index in [9.17, 15) is 13.2 Å². The second kappa shape index (κ2) is 10.0. The highest BCUT2D eigenvalue weighted by Gasteiger charge is 2.16. The molecule has 32 heavy (non-hydrogen) atoms. The van der Waals surface area contributed by atoms with Crippen LogP contribution in [0.15, 0.2) is 70.2 Å². The summed E-state index contributed by atoms with van der Waals surface area (Å²) in [7, 11) is -3.38. The number of nitrogens with two attached hydrogens (primary N) is 1. The van der Waals surface area contributed by atoms with Crippen LogP contribution in [0.5, 0.6) is 0 Å². The molecule has 2 N–H and O–H groups in total. The van der Waals surface area contributed by atoms with Gasteiger partial charge in [-0.3, -0.25) is 0 Å². The molecule has 0 saturated carbocycles. The van der Waals surface area contributed by atoms with Crippen molar-refractivity contribution < 1.29 is 17.9 Å². The summed E-state index contributed by atoms with van der Waals surface area (Å²) in [6.45, 7) is 1.84. The number of carbonyl (C=O) groups excluding carboxylic acids is 1. The van der Waals surface area contributed by atoms with E-state index in [1.165, 1.54) is 18.2 Å². The van der Waals surface area contributed by atoms with E-state index in [1.54, 1.807) is 43.3 Å². The predicted molar refractivity (Wildman–Crippen MR) is 125 cm³/mol. The molecule has 11 heteroatoms. The Morgan fingerprint density at radius 3 is 2.66 bits per heavy atom. The number of sulfone groups is 1. The topological polar surface area (TPSA) is 125 Å². The van der Waals surface area contributed by atoms with E-state index in [-0.39, 0.29) is 22.9 Å². The maximum absolute atomic E-state index is 12.0. The quantitative estimate of drug-likeness (QED) is 0.303. The molecule has 1 heterocycles. The Labute approximate surface area is 194 Å². The van der Waals surface area contributed by atoms with Crippen molar-refractivity contribution in [3.05, 3.63) is 70.3 Å². The van der Waals surface area contributed by atoms with Gasteiger partial charge in [0.25, 0.3) is 0 Å². The summed E-state index contributed by atoms with van der Waals surface area (Å²) in [4.78, 5) is 16.7. The van der Waals surface area contributed by atoms with Crippen LogP contribution in [0.4, 0.5) is 5.69 Å². The number of nitrogens with zero attached hydrogens (tertiary/aromatic N) is 3. The number of hydrogen-bond donors (Lipinski definition) is 1. The first kappa shape index (κ1) is 23.6. The van der Waals surface area contributed by atoms with Crippen molar-refractivity contribution >= 4 is 50.1 Å². The number of hydrogen-bond acceptors (Lipinski definition) is 9. The fraction of sp³-hybridized carbons (Fsp3) is 0.143. The molecule has 3 rings (SSSR count). The number of benzene rings is 2. The van der Waals surface area contributed by atoms with Crippen LogP contribution in [0.2, 0.25) is 5.02 Å². The molecule has 0 saturated heterocycles. The SMILES string of the molecule is CCOC(=O)C(N)=CC(=Nc1ccccc1Cl)c1nnc(-c2cccc(S(C)(=O)=O)c2)s1. The first-order valence-corrected chi connectivity index (χ1v) is 12.4. The van der Waals surface area contributed by atoms with Crippen molar-refractivity contribution in [2.75, 3.05) is 12.9 Å². The second-order valence-corrected chi connectivity index (χ2v) is 9.88. The van der Waals surface area contributed by atoms with Crippen LogP contribution < -0.4 is 5.73 Å². The number of para-hydroxylation sites is 1. The Morgan fingerprint density at radius 2 is 1.97 bits per heavy atom. The van der Waals surface area contributed by atoms with Crippen LogP contribution in [-0.4, -0.2) is 43.2 Å². The van der Waals surface area contributed by atoms with E-state index >= 15 is 0 Å². The standard InChI is InChI=1S/C21H19ClN4O4S2/c1-3-30-21(27)16(23)12-18(24-17-10-5-4-9-15(17)22)20-26-25-19(31-20)13-7-6-8-14(11-13)32(2,28)29/h4-12H,3,23H2,1-2H3. The molecule has 0 aliphatic carbocycles. The molecule has 0 spiro atoms. The van der Waals surface area contributed by atoms with Crippen LogP contribution in [0.25, 0.3) is 10.6 Å². The van der Waals surface area contributed by atoms with E-state index < -0.39 is 15.8 Å². The van der Waals surface area contributed by atoms with Gasteiger partial charge >= 0.3 is 5.97 Å². The molecule has 0 atom stereocenters. The molecular formula is C21H19ClN4O4S2. The van der Waals surface area contributed by atoms with Gasteiger partial charge in [-0.15, -0.1) is 10.2 Å². The molecule has 0 amide bonds. The van der Waals surface area contributed by atoms with Gasteiger partial charge in [0, 0.05) is 11.8 Å². The molecule has 0 aliphatic heterocycles. The minimum absolute atomic E-state index is 0.159. The van der Waals surface area contributed by atoms with Crippen molar-refractivity contribution in [3.63, 3.8) is 0 Å². The van der Waals surface area contributed by atoms with Crippen molar-refractivity contribution in [2.45, 2.75) is 11.8 Å². The van der Waals surface area contributed by atoms with Gasteiger partial charge in [-0.25, -0.2) is 18.2 Å². The number of aliphatic imine (C=N–C) groups is 1. The molecule has 8 nitrogen and oxygen atoms in total. The molecule has 1 aromatic heterocycles. The highest BCUT2D eigenvalue weighted by molar-refractivity contribution is 7.90. The largest absolute Gasteiger partial charge is 0.461 e. The van der Waals surface area contributed by atoms with Crippen LogP contribution >= 0.6 is 22.9 Å². The van der Waals surface area contributed by atoms with Crippen molar-refractivity contribution in [1.29, 1.82) is 0 Å². The van der Waals surface area contributed by atoms with Crippen molar-refractivity contribution in [3.8, 4) is 10.6 Å². The van der Waals surface area contributed by atoms with Gasteiger partial charge in [0.1, 0.15) is 16.4 Å². The van der Waals surface area contributed by atoms with E-state index in [0.717, 1.165) is 17.6 Å². The van der Waals surface area contributed by atoms with Crippen molar-refractivity contribution in [1.82, 2.24) is 10.2 Å². The number of aromatic nitrogens is 2. The molecule has 2 aromatic carbocycles. The van der Waals surface area contributed by atoms with Crippen LogP contribution in [0.1, 0.15) is 11.9 Å². The lowest BCUT2D eigenvalue weighted by atomic mass is 10.2. The number of esters is 1. The third-order valence-corrected chi connectivity index (χ3v) is 6.47. The fourth-order valence-electron chi connectivity index (χ4n) is 2.54. The lowest BCUT2D eigenvalue weighted by molar-refractivity contribution is -0.138. The number of halogens is 1. The van der Waals surface area contributed by atoms with Gasteiger partial charge in [0.05, 0.1) is 22.2 Å². The van der Waals surface area contributed by atoms with E-state index in [1.807, 2.05) is 0 Å². The lowest BCUT2D eigenvalue weighted by Gasteiger charge is -2.04. The van der Waals surface area contributed by atoms with Crippen molar-refractivity contribution in [2.24, 2.45) is 10.7 Å². The van der Waals surface area contributed by atoms with Gasteiger partial charge in [-0.1, -0.05) is 47.2 Å². The molecule has 0 bridgehead atoms. The summed E-state index contributed by atoms with van der Waals surface area (Å²) in [6.07, 6.45) is 2.48. The monoisotopic (exact) mass is 490 g/mol. The summed E-state index contributed by atoms with van der Waals surface area (Å²) >= 11 is 7.39. The predicted octanol–water partition coefficient (Wildman–Crippen LogP) is 3.79. The molecular weight excluding hydrogens is 472 g/mol. The van der Waals surface area contributed by atoms with Gasteiger partial charge < -0.3 is 10.5 Å². The number of ether oxygens (including phenoxy) is 1. The van der Waals surface area contributed by atoms with Gasteiger partial charge in [-0.05, 0) is 37.3 Å². The Hall–Kier alpha value is -3.08. The molecule has 166 valence electrons. The maximum Gasteiger partial charge on any atom is 0.354 e. The average molecular weight is 491 g/mol. The average Bonchev–Trinajstić information content (AvgIpc) is 3.24. The summed E-state index contributed by atoms with van der Waals surface area (Å²) in [5.74, 6) is -0.690. The van der Waals surface area contributed by atoms with Crippen LogP contribution in [0.3, 0.4) is 0 Å². The number of carbonyl (C=O) groups is 1. The van der Waals surface area contributed by atoms with Gasteiger partial charge in [-0.2, -0.15) is 0 Å². The minimum Gasteiger partial charge on any atom is -0.461 e. The van der Waals surface area contributed by atoms with Crippen LogP contribution in [-0.2, 0) is 19.4 Å². The molecule has 0 radical (unpaired) electrons. The molecule has 0 unspecified atom stereocenters.